The molecule has 0 aliphatic carbocycles. The second-order valence-electron chi connectivity index (χ2n) is 7.32. The minimum Gasteiger partial charge on any atom is -0.481 e. The van der Waals surface area contributed by atoms with E-state index in [-0.39, 0.29) is 5.91 Å². The average molecular weight is 298 g/mol. The SMILES string of the molecule is CCCC1(C(=O)NC(C)(C)C(C)(C)C(=O)O)CCCNC1. The Hall–Kier alpha value is -1.10. The molecule has 0 aromatic carbocycles. The van der Waals surface area contributed by atoms with Crippen LogP contribution >= 0.6 is 0 Å². The van der Waals surface area contributed by atoms with Crippen molar-refractivity contribution >= 4 is 11.9 Å². The van der Waals surface area contributed by atoms with E-state index >= 15 is 0 Å². The molecule has 1 rings (SSSR count). The highest BCUT2D eigenvalue weighted by Gasteiger charge is 2.48. The molecular weight excluding hydrogens is 268 g/mol. The number of hydrogen-bond acceptors (Lipinski definition) is 3. The predicted molar refractivity (Wildman–Crippen MR) is 83.1 cm³/mol. The van der Waals surface area contributed by atoms with Crippen LogP contribution < -0.4 is 10.6 Å². The zero-order valence-corrected chi connectivity index (χ0v) is 14.0. The lowest BCUT2D eigenvalue weighted by atomic mass is 9.71. The van der Waals surface area contributed by atoms with Crippen LogP contribution in [0.1, 0.15) is 60.3 Å². The molecule has 1 aliphatic heterocycles. The van der Waals surface area contributed by atoms with Gasteiger partial charge in [0.1, 0.15) is 0 Å². The monoisotopic (exact) mass is 298 g/mol. The topological polar surface area (TPSA) is 78.4 Å². The van der Waals surface area contributed by atoms with E-state index in [1.54, 1.807) is 27.7 Å². The Labute approximate surface area is 127 Å². The molecular formula is C16H30N2O3. The summed E-state index contributed by atoms with van der Waals surface area (Å²) in [6, 6.07) is 0. The summed E-state index contributed by atoms with van der Waals surface area (Å²) in [6.07, 6.45) is 3.62. The van der Waals surface area contributed by atoms with E-state index in [2.05, 4.69) is 17.6 Å². The summed E-state index contributed by atoms with van der Waals surface area (Å²) < 4.78 is 0. The van der Waals surface area contributed by atoms with Crippen LogP contribution in [0.25, 0.3) is 0 Å². The minimum absolute atomic E-state index is 0.0177. The van der Waals surface area contributed by atoms with Crippen LogP contribution in [0.2, 0.25) is 0 Å². The second-order valence-corrected chi connectivity index (χ2v) is 7.32. The molecule has 0 aromatic heterocycles. The molecule has 0 spiro atoms. The molecule has 1 fully saturated rings. The molecule has 5 nitrogen and oxygen atoms in total. The van der Waals surface area contributed by atoms with Crippen molar-refractivity contribution in [3.63, 3.8) is 0 Å². The number of rotatable bonds is 6. The summed E-state index contributed by atoms with van der Waals surface area (Å²) in [5.74, 6) is -0.921. The third-order valence-corrected chi connectivity index (χ3v) is 5.21. The number of carbonyl (C=O) groups is 2. The zero-order chi connectivity index (χ0) is 16.3. The van der Waals surface area contributed by atoms with Gasteiger partial charge < -0.3 is 15.7 Å². The number of carboxylic acid groups (broad SMARTS) is 1. The van der Waals surface area contributed by atoms with E-state index in [9.17, 15) is 14.7 Å². The van der Waals surface area contributed by atoms with Gasteiger partial charge in [0.25, 0.3) is 0 Å². The predicted octanol–water partition coefficient (Wildman–Crippen LogP) is 2.16. The largest absolute Gasteiger partial charge is 0.481 e. The lowest BCUT2D eigenvalue weighted by molar-refractivity contribution is -0.152. The fourth-order valence-electron chi connectivity index (χ4n) is 2.81. The molecule has 1 amide bonds. The Morgan fingerprint density at radius 1 is 1.29 bits per heavy atom. The number of carbonyl (C=O) groups excluding carboxylic acids is 1. The first-order valence-corrected chi connectivity index (χ1v) is 7.86. The van der Waals surface area contributed by atoms with Crippen molar-refractivity contribution in [1.82, 2.24) is 10.6 Å². The highest BCUT2D eigenvalue weighted by Crippen LogP contribution is 2.36. The normalized spacial score (nSPS) is 23.7. The van der Waals surface area contributed by atoms with E-state index in [1.807, 2.05) is 0 Å². The average Bonchev–Trinajstić information content (AvgIpc) is 2.39. The Kier molecular flexibility index (Phi) is 5.42. The summed E-state index contributed by atoms with van der Waals surface area (Å²) in [5.41, 5.74) is -2.24. The molecule has 0 aromatic rings. The Bertz CT molecular complexity index is 391. The Morgan fingerprint density at radius 2 is 1.90 bits per heavy atom. The van der Waals surface area contributed by atoms with E-state index in [0.29, 0.717) is 6.54 Å². The number of piperidine rings is 1. The van der Waals surface area contributed by atoms with Gasteiger partial charge in [0.15, 0.2) is 0 Å². The van der Waals surface area contributed by atoms with Crippen molar-refractivity contribution in [1.29, 1.82) is 0 Å². The smallest absolute Gasteiger partial charge is 0.311 e. The van der Waals surface area contributed by atoms with Crippen molar-refractivity contribution in [2.75, 3.05) is 13.1 Å². The summed E-state index contributed by atoms with van der Waals surface area (Å²) in [4.78, 5) is 24.3. The van der Waals surface area contributed by atoms with Gasteiger partial charge in [0.05, 0.1) is 10.8 Å². The van der Waals surface area contributed by atoms with Gasteiger partial charge in [-0.2, -0.15) is 0 Å². The maximum atomic E-state index is 12.9. The summed E-state index contributed by atoms with van der Waals surface area (Å²) in [6.45, 7) is 10.6. The van der Waals surface area contributed by atoms with Gasteiger partial charge in [0.2, 0.25) is 5.91 Å². The first kappa shape index (κ1) is 18.0. The van der Waals surface area contributed by atoms with Crippen molar-refractivity contribution in [2.45, 2.75) is 65.8 Å². The molecule has 5 heteroatoms. The number of hydrogen-bond donors (Lipinski definition) is 3. The molecule has 1 atom stereocenters. The Morgan fingerprint density at radius 3 is 2.33 bits per heavy atom. The van der Waals surface area contributed by atoms with Gasteiger partial charge >= 0.3 is 5.97 Å². The molecule has 1 saturated heterocycles. The van der Waals surface area contributed by atoms with Gasteiger partial charge in [-0.1, -0.05) is 13.3 Å². The van der Waals surface area contributed by atoms with Gasteiger partial charge in [-0.15, -0.1) is 0 Å². The third-order valence-electron chi connectivity index (χ3n) is 5.21. The van der Waals surface area contributed by atoms with Crippen molar-refractivity contribution < 1.29 is 14.7 Å². The number of carboxylic acids is 1. The van der Waals surface area contributed by atoms with Crippen LogP contribution in [-0.2, 0) is 9.59 Å². The summed E-state index contributed by atoms with van der Waals surface area (Å²) >= 11 is 0. The molecule has 0 radical (unpaired) electrons. The quantitative estimate of drug-likeness (QED) is 0.702. The molecule has 122 valence electrons. The van der Waals surface area contributed by atoms with E-state index in [1.165, 1.54) is 0 Å². The second kappa shape index (κ2) is 6.34. The number of amides is 1. The van der Waals surface area contributed by atoms with Crippen LogP contribution in [0, 0.1) is 10.8 Å². The molecule has 1 heterocycles. The lowest BCUT2D eigenvalue weighted by Gasteiger charge is -2.43. The van der Waals surface area contributed by atoms with Crippen LogP contribution in [-0.4, -0.2) is 35.6 Å². The maximum Gasteiger partial charge on any atom is 0.311 e. The number of aliphatic carboxylic acids is 1. The molecule has 0 bridgehead atoms. The first-order valence-electron chi connectivity index (χ1n) is 7.86. The molecule has 0 saturated carbocycles. The highest BCUT2D eigenvalue weighted by molar-refractivity contribution is 5.85. The van der Waals surface area contributed by atoms with Gasteiger partial charge in [0, 0.05) is 12.1 Å². The van der Waals surface area contributed by atoms with Crippen molar-refractivity contribution in [3.05, 3.63) is 0 Å². The van der Waals surface area contributed by atoms with Crippen LogP contribution in [0.5, 0.6) is 0 Å². The van der Waals surface area contributed by atoms with E-state index in [4.69, 9.17) is 0 Å². The van der Waals surface area contributed by atoms with Crippen molar-refractivity contribution in [3.8, 4) is 0 Å². The van der Waals surface area contributed by atoms with Crippen LogP contribution in [0.4, 0.5) is 0 Å². The minimum atomic E-state index is -1.03. The first-order chi connectivity index (χ1) is 9.59. The van der Waals surface area contributed by atoms with Gasteiger partial charge in [-0.25, -0.2) is 0 Å². The molecule has 1 aliphatic rings. The van der Waals surface area contributed by atoms with Gasteiger partial charge in [-0.05, 0) is 53.5 Å². The summed E-state index contributed by atoms with van der Waals surface area (Å²) in [7, 11) is 0. The Balaban J connectivity index is 2.93. The lowest BCUT2D eigenvalue weighted by Crippen LogP contribution is -2.61. The maximum absolute atomic E-state index is 12.9. The summed E-state index contributed by atoms with van der Waals surface area (Å²) in [5, 5.41) is 15.7. The van der Waals surface area contributed by atoms with Gasteiger partial charge in [-0.3, -0.25) is 9.59 Å². The third kappa shape index (κ3) is 3.57. The molecule has 1 unspecified atom stereocenters. The van der Waals surface area contributed by atoms with Crippen LogP contribution in [0.15, 0.2) is 0 Å². The molecule has 3 N–H and O–H groups in total. The standard InChI is InChI=1S/C16H30N2O3/c1-6-8-16(9-7-10-17-11-16)12(19)18-15(4,5)14(2,3)13(20)21/h17H,6-11H2,1-5H3,(H,18,19)(H,20,21). The highest BCUT2D eigenvalue weighted by atomic mass is 16.4. The van der Waals surface area contributed by atoms with E-state index in [0.717, 1.165) is 32.2 Å². The molecule has 21 heavy (non-hydrogen) atoms. The van der Waals surface area contributed by atoms with Crippen LogP contribution in [0.3, 0.4) is 0 Å². The van der Waals surface area contributed by atoms with Crippen molar-refractivity contribution in [2.24, 2.45) is 10.8 Å². The van der Waals surface area contributed by atoms with E-state index < -0.39 is 22.3 Å². The zero-order valence-electron chi connectivity index (χ0n) is 14.0. The fourth-order valence-corrected chi connectivity index (χ4v) is 2.81. The number of nitrogens with one attached hydrogen (secondary N) is 2. The fraction of sp³-hybridized carbons (Fsp3) is 0.875.